The number of carbonyl (C=O) groups excluding carboxylic acids is 2. The summed E-state index contributed by atoms with van der Waals surface area (Å²) in [5.74, 6) is -0.644. The normalized spacial score (nSPS) is 12.0. The van der Waals surface area contributed by atoms with Crippen LogP contribution in [0.25, 0.3) is 0 Å². The van der Waals surface area contributed by atoms with Crippen molar-refractivity contribution in [3.63, 3.8) is 0 Å². The first-order valence-corrected chi connectivity index (χ1v) is 6.97. The van der Waals surface area contributed by atoms with Gasteiger partial charge in [0.1, 0.15) is 6.04 Å². The molecule has 0 saturated carbocycles. The van der Waals surface area contributed by atoms with Crippen molar-refractivity contribution in [3.05, 3.63) is 35.9 Å². The first-order valence-electron chi connectivity index (χ1n) is 6.97. The van der Waals surface area contributed by atoms with E-state index in [4.69, 9.17) is 4.74 Å². The van der Waals surface area contributed by atoms with E-state index in [2.05, 4.69) is 16.9 Å². The smallest absolute Gasteiger partial charge is 0.323 e. The second-order valence-corrected chi connectivity index (χ2v) is 4.87. The lowest BCUT2D eigenvalue weighted by Gasteiger charge is -2.25. The van der Waals surface area contributed by atoms with Gasteiger partial charge in [-0.1, -0.05) is 30.3 Å². The van der Waals surface area contributed by atoms with E-state index in [-0.39, 0.29) is 18.4 Å². The molecule has 5 heteroatoms. The Hall–Kier alpha value is -1.88. The molecule has 0 aliphatic heterocycles. The molecule has 1 aromatic carbocycles. The van der Waals surface area contributed by atoms with Crippen LogP contribution in [-0.4, -0.2) is 50.7 Å². The van der Waals surface area contributed by atoms with E-state index in [0.717, 1.165) is 6.42 Å². The highest BCUT2D eigenvalue weighted by molar-refractivity contribution is 5.77. The maximum atomic E-state index is 11.8. The molecule has 0 radical (unpaired) electrons. The predicted octanol–water partition coefficient (Wildman–Crippen LogP) is 1.66. The molecule has 0 saturated heterocycles. The summed E-state index contributed by atoms with van der Waals surface area (Å²) in [4.78, 5) is 25.0. The number of rotatable bonds is 8. The number of carbonyl (C=O) groups is 2. The highest BCUT2D eigenvalue weighted by atomic mass is 16.5. The Kier molecular flexibility index (Phi) is 7.46. The lowest BCUT2D eigenvalue weighted by molar-refractivity contribution is -0.147. The van der Waals surface area contributed by atoms with Gasteiger partial charge < -0.3 is 9.47 Å². The molecule has 1 aromatic rings. The molecule has 1 atom stereocenters. The van der Waals surface area contributed by atoms with Crippen molar-refractivity contribution in [3.8, 4) is 0 Å². The van der Waals surface area contributed by atoms with E-state index in [1.807, 2.05) is 30.1 Å². The molecule has 0 aliphatic carbocycles. The van der Waals surface area contributed by atoms with Gasteiger partial charge in [-0.25, -0.2) is 0 Å². The average Bonchev–Trinajstić information content (AvgIpc) is 2.53. The predicted molar refractivity (Wildman–Crippen MR) is 79.8 cm³/mol. The molecular formula is C16H23NO4. The van der Waals surface area contributed by atoms with Crippen LogP contribution in [0.15, 0.2) is 30.3 Å². The van der Waals surface area contributed by atoms with Crippen molar-refractivity contribution >= 4 is 11.9 Å². The van der Waals surface area contributed by atoms with Crippen LogP contribution in [-0.2, 0) is 25.5 Å². The molecule has 0 N–H and O–H groups in total. The fraction of sp³-hybridized carbons (Fsp3) is 0.500. The largest absolute Gasteiger partial charge is 0.469 e. The van der Waals surface area contributed by atoms with Gasteiger partial charge >= 0.3 is 11.9 Å². The van der Waals surface area contributed by atoms with Crippen molar-refractivity contribution in [2.75, 3.05) is 27.8 Å². The molecule has 5 nitrogen and oxygen atoms in total. The zero-order valence-electron chi connectivity index (χ0n) is 12.9. The standard InChI is InChI=1S/C16H23NO4/c1-17(12-11-13-7-5-4-6-8-13)14(16(19)21-3)9-10-15(18)20-2/h4-8,14H,9-12H2,1-3H3/t14-/m0/s1. The maximum Gasteiger partial charge on any atom is 0.323 e. The Morgan fingerprint density at radius 2 is 1.81 bits per heavy atom. The summed E-state index contributed by atoms with van der Waals surface area (Å²) in [5, 5.41) is 0. The number of methoxy groups -OCH3 is 2. The number of hydrogen-bond donors (Lipinski definition) is 0. The van der Waals surface area contributed by atoms with Gasteiger partial charge in [0.25, 0.3) is 0 Å². The fourth-order valence-corrected chi connectivity index (χ4v) is 2.12. The molecule has 0 fully saturated rings. The van der Waals surface area contributed by atoms with Crippen molar-refractivity contribution in [1.82, 2.24) is 4.90 Å². The summed E-state index contributed by atoms with van der Waals surface area (Å²) in [6, 6.07) is 9.62. The van der Waals surface area contributed by atoms with Crippen LogP contribution in [0.4, 0.5) is 0 Å². The van der Waals surface area contributed by atoms with Gasteiger partial charge in [0.15, 0.2) is 0 Å². The molecule has 116 valence electrons. The second kappa shape index (κ2) is 9.13. The molecule has 21 heavy (non-hydrogen) atoms. The minimum Gasteiger partial charge on any atom is -0.469 e. The van der Waals surface area contributed by atoms with E-state index in [1.165, 1.54) is 19.8 Å². The minimum absolute atomic E-state index is 0.200. The number of esters is 2. The van der Waals surface area contributed by atoms with E-state index >= 15 is 0 Å². The minimum atomic E-state index is -0.433. The molecule has 0 bridgehead atoms. The van der Waals surface area contributed by atoms with Gasteiger partial charge in [0, 0.05) is 13.0 Å². The van der Waals surface area contributed by atoms with Gasteiger partial charge in [-0.15, -0.1) is 0 Å². The molecular weight excluding hydrogens is 270 g/mol. The third kappa shape index (κ3) is 5.95. The lowest BCUT2D eigenvalue weighted by Crippen LogP contribution is -2.40. The average molecular weight is 293 g/mol. The SMILES string of the molecule is COC(=O)CC[C@@H](C(=O)OC)N(C)CCc1ccccc1. The zero-order chi connectivity index (χ0) is 15.7. The number of hydrogen-bond acceptors (Lipinski definition) is 5. The van der Waals surface area contributed by atoms with Crippen molar-refractivity contribution in [1.29, 1.82) is 0 Å². The van der Waals surface area contributed by atoms with E-state index in [9.17, 15) is 9.59 Å². The maximum absolute atomic E-state index is 11.8. The lowest BCUT2D eigenvalue weighted by atomic mass is 10.1. The van der Waals surface area contributed by atoms with E-state index < -0.39 is 6.04 Å². The van der Waals surface area contributed by atoms with Gasteiger partial charge in [0.05, 0.1) is 14.2 Å². The van der Waals surface area contributed by atoms with Gasteiger partial charge in [0.2, 0.25) is 0 Å². The number of benzene rings is 1. The van der Waals surface area contributed by atoms with Crippen molar-refractivity contribution < 1.29 is 19.1 Å². The molecule has 0 heterocycles. The summed E-state index contributed by atoms with van der Waals surface area (Å²) in [5.41, 5.74) is 1.21. The highest BCUT2D eigenvalue weighted by Gasteiger charge is 2.24. The van der Waals surface area contributed by atoms with Crippen LogP contribution in [0.1, 0.15) is 18.4 Å². The van der Waals surface area contributed by atoms with Crippen LogP contribution >= 0.6 is 0 Å². The summed E-state index contributed by atoms with van der Waals surface area (Å²) >= 11 is 0. The Balaban J connectivity index is 2.56. The molecule has 0 unspecified atom stereocenters. The van der Waals surface area contributed by atoms with Crippen LogP contribution in [0, 0.1) is 0 Å². The fourth-order valence-electron chi connectivity index (χ4n) is 2.12. The van der Waals surface area contributed by atoms with Crippen molar-refractivity contribution in [2.45, 2.75) is 25.3 Å². The highest BCUT2D eigenvalue weighted by Crippen LogP contribution is 2.10. The molecule has 1 rings (SSSR count). The Bertz CT molecular complexity index is 447. The van der Waals surface area contributed by atoms with E-state index in [0.29, 0.717) is 13.0 Å². The van der Waals surface area contributed by atoms with Crippen molar-refractivity contribution in [2.24, 2.45) is 0 Å². The number of nitrogens with zero attached hydrogens (tertiary/aromatic N) is 1. The quantitative estimate of drug-likeness (QED) is 0.682. The molecule has 0 aromatic heterocycles. The third-order valence-electron chi connectivity index (χ3n) is 3.45. The first-order chi connectivity index (χ1) is 10.1. The summed E-state index contributed by atoms with van der Waals surface area (Å²) in [7, 11) is 4.56. The number of ether oxygens (including phenoxy) is 2. The van der Waals surface area contributed by atoms with Crippen LogP contribution in [0.5, 0.6) is 0 Å². The zero-order valence-corrected chi connectivity index (χ0v) is 12.9. The molecule has 0 spiro atoms. The van der Waals surface area contributed by atoms with Gasteiger partial charge in [-0.2, -0.15) is 0 Å². The summed E-state index contributed by atoms with van der Waals surface area (Å²) in [6.07, 6.45) is 1.43. The second-order valence-electron chi connectivity index (χ2n) is 4.87. The first kappa shape index (κ1) is 17.2. The Morgan fingerprint density at radius 1 is 1.14 bits per heavy atom. The van der Waals surface area contributed by atoms with Crippen LogP contribution < -0.4 is 0 Å². The van der Waals surface area contributed by atoms with Gasteiger partial charge in [-0.3, -0.25) is 14.5 Å². The summed E-state index contributed by atoms with van der Waals surface area (Å²) < 4.78 is 9.43. The number of likely N-dealkylation sites (N-methyl/N-ethyl adjacent to an activating group) is 1. The molecule has 0 amide bonds. The van der Waals surface area contributed by atoms with Crippen LogP contribution in [0.3, 0.4) is 0 Å². The Morgan fingerprint density at radius 3 is 2.38 bits per heavy atom. The monoisotopic (exact) mass is 293 g/mol. The third-order valence-corrected chi connectivity index (χ3v) is 3.45. The van der Waals surface area contributed by atoms with Gasteiger partial charge in [-0.05, 0) is 25.5 Å². The van der Waals surface area contributed by atoms with Crippen LogP contribution in [0.2, 0.25) is 0 Å². The summed E-state index contributed by atoms with van der Waals surface area (Å²) in [6.45, 7) is 0.713. The molecule has 0 aliphatic rings. The Labute approximate surface area is 125 Å². The van der Waals surface area contributed by atoms with E-state index in [1.54, 1.807) is 0 Å². The topological polar surface area (TPSA) is 55.8 Å².